The van der Waals surface area contributed by atoms with Gasteiger partial charge >= 0.3 is 0 Å². The number of rotatable bonds is 4. The molecule has 1 atom stereocenters. The Hall–Kier alpha value is -1.12. The third-order valence-electron chi connectivity index (χ3n) is 2.86. The first kappa shape index (κ1) is 15.3. The van der Waals surface area contributed by atoms with Gasteiger partial charge in [-0.2, -0.15) is 0 Å². The maximum absolute atomic E-state index is 3.56. The molecule has 0 nitrogen and oxygen atoms in total. The van der Waals surface area contributed by atoms with Gasteiger partial charge in [0.05, 0.1) is 0 Å². The molecule has 0 aliphatic heterocycles. The van der Waals surface area contributed by atoms with Crippen LogP contribution in [0.5, 0.6) is 0 Å². The van der Waals surface area contributed by atoms with Crippen molar-refractivity contribution in [3.05, 3.63) is 88.5 Å². The largest absolute Gasteiger partial charge is 0.0842 e. The molecule has 0 bridgehead atoms. The molecule has 0 N–H and O–H groups in total. The second kappa shape index (κ2) is 8.23. The average molecular weight is 392 g/mol. The first-order valence-corrected chi connectivity index (χ1v) is 8.24. The SMILES string of the molecule is Brc1ccc(/C=C/C=C/C=C/C2=CC[C@H](Br)C=C2)cc1. The molecule has 102 valence electrons. The van der Waals surface area contributed by atoms with E-state index in [0.29, 0.717) is 4.83 Å². The van der Waals surface area contributed by atoms with Gasteiger partial charge in [0.2, 0.25) is 0 Å². The summed E-state index contributed by atoms with van der Waals surface area (Å²) in [4.78, 5) is 0.490. The fraction of sp³-hybridized carbons (Fsp3) is 0.111. The van der Waals surface area contributed by atoms with Crippen LogP contribution in [0.1, 0.15) is 12.0 Å². The lowest BCUT2D eigenvalue weighted by Crippen LogP contribution is -1.94. The number of hydrogen-bond donors (Lipinski definition) is 0. The zero-order valence-electron chi connectivity index (χ0n) is 11.0. The van der Waals surface area contributed by atoms with Crippen LogP contribution in [0.15, 0.2) is 82.9 Å². The Morgan fingerprint density at radius 1 is 0.950 bits per heavy atom. The van der Waals surface area contributed by atoms with Gasteiger partial charge in [-0.3, -0.25) is 0 Å². The van der Waals surface area contributed by atoms with Crippen molar-refractivity contribution in [3.8, 4) is 0 Å². The van der Waals surface area contributed by atoms with Gasteiger partial charge in [-0.05, 0) is 29.7 Å². The van der Waals surface area contributed by atoms with Gasteiger partial charge in [0, 0.05) is 9.30 Å². The summed E-state index contributed by atoms with van der Waals surface area (Å²) in [7, 11) is 0. The van der Waals surface area contributed by atoms with Gasteiger partial charge in [-0.15, -0.1) is 0 Å². The molecular weight excluding hydrogens is 376 g/mol. The quantitative estimate of drug-likeness (QED) is 0.421. The summed E-state index contributed by atoms with van der Waals surface area (Å²) in [5.74, 6) is 0. The van der Waals surface area contributed by atoms with Gasteiger partial charge in [-0.25, -0.2) is 0 Å². The predicted molar refractivity (Wildman–Crippen MR) is 96.0 cm³/mol. The summed E-state index contributed by atoms with van der Waals surface area (Å²) in [5, 5.41) is 0. The van der Waals surface area contributed by atoms with Gasteiger partial charge in [0.1, 0.15) is 0 Å². The zero-order valence-corrected chi connectivity index (χ0v) is 14.2. The summed E-state index contributed by atoms with van der Waals surface area (Å²) in [6.45, 7) is 0. The molecule has 0 aromatic heterocycles. The number of allylic oxidation sites excluding steroid dienone is 9. The van der Waals surface area contributed by atoms with E-state index < -0.39 is 0 Å². The Labute approximate surface area is 137 Å². The highest BCUT2D eigenvalue weighted by Gasteiger charge is 2.01. The summed E-state index contributed by atoms with van der Waals surface area (Å²) in [5.41, 5.74) is 2.46. The number of halogens is 2. The molecule has 2 heteroatoms. The normalized spacial score (nSPS) is 19.3. The monoisotopic (exact) mass is 390 g/mol. The van der Waals surface area contributed by atoms with Crippen LogP contribution in [0.25, 0.3) is 6.08 Å². The van der Waals surface area contributed by atoms with Crippen LogP contribution in [0.3, 0.4) is 0 Å². The Bertz CT molecular complexity index is 572. The molecule has 1 aliphatic rings. The Morgan fingerprint density at radius 3 is 2.30 bits per heavy atom. The number of alkyl halides is 1. The van der Waals surface area contributed by atoms with Crippen molar-refractivity contribution >= 4 is 37.9 Å². The molecule has 20 heavy (non-hydrogen) atoms. The van der Waals surface area contributed by atoms with E-state index in [1.807, 2.05) is 30.4 Å². The minimum atomic E-state index is 0.490. The van der Waals surface area contributed by atoms with Crippen molar-refractivity contribution in [1.29, 1.82) is 0 Å². The zero-order chi connectivity index (χ0) is 14.2. The summed E-state index contributed by atoms with van der Waals surface area (Å²) in [6.07, 6.45) is 20.0. The second-order valence-corrected chi connectivity index (χ2v) is 6.56. The molecule has 0 fully saturated rings. The van der Waals surface area contributed by atoms with Crippen LogP contribution in [0.4, 0.5) is 0 Å². The molecular formula is C18H16Br2. The van der Waals surface area contributed by atoms with Gasteiger partial charge in [0.15, 0.2) is 0 Å². The van der Waals surface area contributed by atoms with Crippen molar-refractivity contribution in [3.63, 3.8) is 0 Å². The van der Waals surface area contributed by atoms with Crippen molar-refractivity contribution in [2.75, 3.05) is 0 Å². The molecule has 1 aromatic rings. The molecule has 0 unspecified atom stereocenters. The van der Waals surface area contributed by atoms with Crippen molar-refractivity contribution in [2.24, 2.45) is 0 Å². The predicted octanol–water partition coefficient (Wildman–Crippen LogP) is 6.22. The van der Waals surface area contributed by atoms with Crippen LogP contribution in [0, 0.1) is 0 Å². The van der Waals surface area contributed by atoms with Crippen molar-refractivity contribution in [1.82, 2.24) is 0 Å². The Kier molecular flexibility index (Phi) is 6.28. The van der Waals surface area contributed by atoms with E-state index in [0.717, 1.165) is 10.9 Å². The lowest BCUT2D eigenvalue weighted by molar-refractivity contribution is 1.06. The van der Waals surface area contributed by atoms with E-state index in [9.17, 15) is 0 Å². The van der Waals surface area contributed by atoms with E-state index in [1.54, 1.807) is 0 Å². The van der Waals surface area contributed by atoms with Crippen LogP contribution < -0.4 is 0 Å². The van der Waals surface area contributed by atoms with Crippen LogP contribution in [-0.4, -0.2) is 4.83 Å². The lowest BCUT2D eigenvalue weighted by atomic mass is 10.1. The number of hydrogen-bond acceptors (Lipinski definition) is 0. The van der Waals surface area contributed by atoms with Gasteiger partial charge < -0.3 is 0 Å². The van der Waals surface area contributed by atoms with Gasteiger partial charge in [-0.1, -0.05) is 98.7 Å². The average Bonchev–Trinajstić information content (AvgIpc) is 2.46. The lowest BCUT2D eigenvalue weighted by Gasteiger charge is -2.06. The minimum absolute atomic E-state index is 0.490. The van der Waals surface area contributed by atoms with Crippen molar-refractivity contribution in [2.45, 2.75) is 11.2 Å². The van der Waals surface area contributed by atoms with E-state index in [4.69, 9.17) is 0 Å². The molecule has 0 amide bonds. The summed E-state index contributed by atoms with van der Waals surface area (Å²) < 4.78 is 1.10. The molecule has 0 saturated carbocycles. The summed E-state index contributed by atoms with van der Waals surface area (Å²) in [6, 6.07) is 8.25. The Balaban J connectivity index is 1.82. The molecule has 1 aliphatic carbocycles. The van der Waals surface area contributed by atoms with E-state index in [2.05, 4.69) is 80.4 Å². The second-order valence-electron chi connectivity index (χ2n) is 4.47. The third-order valence-corrected chi connectivity index (χ3v) is 4.06. The highest BCUT2D eigenvalue weighted by molar-refractivity contribution is 9.10. The van der Waals surface area contributed by atoms with E-state index in [1.165, 1.54) is 11.1 Å². The van der Waals surface area contributed by atoms with Crippen LogP contribution >= 0.6 is 31.9 Å². The van der Waals surface area contributed by atoms with Crippen LogP contribution in [0.2, 0.25) is 0 Å². The standard InChI is InChI=1S/C18H16Br2/c19-17-11-7-15(8-12-17)5-3-1-2-4-6-16-9-13-18(20)14-10-16/h1-13,18H,14H2/b2-1+,5-3+,6-4+/t18-/m1/s1. The Morgan fingerprint density at radius 2 is 1.65 bits per heavy atom. The molecule has 2 rings (SSSR count). The van der Waals surface area contributed by atoms with E-state index in [-0.39, 0.29) is 0 Å². The highest BCUT2D eigenvalue weighted by atomic mass is 79.9. The smallest absolute Gasteiger partial charge is 0.0363 e. The maximum atomic E-state index is 3.56. The minimum Gasteiger partial charge on any atom is -0.0842 e. The van der Waals surface area contributed by atoms with Gasteiger partial charge in [0.25, 0.3) is 0 Å². The molecule has 0 heterocycles. The fourth-order valence-corrected chi connectivity index (χ4v) is 2.37. The molecule has 0 spiro atoms. The third kappa shape index (κ3) is 5.48. The van der Waals surface area contributed by atoms with E-state index >= 15 is 0 Å². The fourth-order valence-electron chi connectivity index (χ4n) is 1.77. The molecule has 1 aromatic carbocycles. The molecule has 0 saturated heterocycles. The first-order valence-electron chi connectivity index (χ1n) is 6.53. The highest BCUT2D eigenvalue weighted by Crippen LogP contribution is 2.17. The molecule has 0 radical (unpaired) electrons. The van der Waals surface area contributed by atoms with Crippen LogP contribution in [-0.2, 0) is 0 Å². The summed E-state index contributed by atoms with van der Waals surface area (Å²) >= 11 is 6.99. The number of benzene rings is 1. The maximum Gasteiger partial charge on any atom is 0.0363 e. The topological polar surface area (TPSA) is 0 Å². The van der Waals surface area contributed by atoms with Crippen molar-refractivity contribution < 1.29 is 0 Å². The first-order chi connectivity index (χ1) is 9.74.